The molecule has 1 heterocycles. The van der Waals surface area contributed by atoms with Crippen LogP contribution in [0.15, 0.2) is 40.8 Å². The first-order valence-electron chi connectivity index (χ1n) is 11.8. The topological polar surface area (TPSA) is 53.8 Å². The second-order valence-corrected chi connectivity index (χ2v) is 9.33. The van der Waals surface area contributed by atoms with Crippen LogP contribution in [0.5, 0.6) is 0 Å². The van der Waals surface area contributed by atoms with Crippen molar-refractivity contribution in [1.82, 2.24) is 9.80 Å². The Kier molecular flexibility index (Phi) is 7.28. The number of hydrogen-bond acceptors (Lipinski definition) is 3. The maximum absolute atomic E-state index is 13.3. The summed E-state index contributed by atoms with van der Waals surface area (Å²) in [5, 5.41) is 0. The van der Waals surface area contributed by atoms with Gasteiger partial charge < -0.3 is 14.2 Å². The standard InChI is InChI=1S/C26H33FN2O3/c1-19-6-14-24(32-19)17-28(16-21-7-10-22(27)11-8-21)26(31)18-29(23-12-13-23)25(30)15-9-20-4-2-3-5-20/h6-8,10-11,14,20,23H,2-5,9,12-13,15-18H2,1H3. The van der Waals surface area contributed by atoms with Gasteiger partial charge in [0, 0.05) is 19.0 Å². The van der Waals surface area contributed by atoms with Crippen molar-refractivity contribution in [3.05, 3.63) is 59.3 Å². The molecule has 32 heavy (non-hydrogen) atoms. The highest BCUT2D eigenvalue weighted by Crippen LogP contribution is 2.31. The van der Waals surface area contributed by atoms with Gasteiger partial charge in [-0.2, -0.15) is 0 Å². The molecule has 0 N–H and O–H groups in total. The molecule has 2 fully saturated rings. The molecule has 0 bridgehead atoms. The van der Waals surface area contributed by atoms with Crippen LogP contribution in [0.1, 0.15) is 68.5 Å². The molecule has 2 aromatic rings. The first kappa shape index (κ1) is 22.6. The molecule has 2 aliphatic rings. The van der Waals surface area contributed by atoms with Crippen LogP contribution in [0, 0.1) is 18.7 Å². The summed E-state index contributed by atoms with van der Waals surface area (Å²) >= 11 is 0. The fourth-order valence-corrected chi connectivity index (χ4v) is 4.62. The lowest BCUT2D eigenvalue weighted by Gasteiger charge is -2.28. The predicted molar refractivity (Wildman–Crippen MR) is 120 cm³/mol. The Bertz CT molecular complexity index is 913. The first-order valence-corrected chi connectivity index (χ1v) is 11.8. The maximum atomic E-state index is 13.3. The number of hydrogen-bond donors (Lipinski definition) is 0. The molecule has 2 amide bonds. The van der Waals surface area contributed by atoms with Gasteiger partial charge in [0.2, 0.25) is 11.8 Å². The van der Waals surface area contributed by atoms with Gasteiger partial charge in [0.25, 0.3) is 0 Å². The third-order valence-electron chi connectivity index (χ3n) is 6.64. The van der Waals surface area contributed by atoms with E-state index in [2.05, 4.69) is 0 Å². The third-order valence-corrected chi connectivity index (χ3v) is 6.64. The molecule has 2 saturated carbocycles. The number of nitrogens with zero attached hydrogens (tertiary/aromatic N) is 2. The highest BCUT2D eigenvalue weighted by atomic mass is 19.1. The van der Waals surface area contributed by atoms with Crippen LogP contribution in [0.4, 0.5) is 4.39 Å². The molecule has 0 aliphatic heterocycles. The predicted octanol–water partition coefficient (Wildman–Crippen LogP) is 5.22. The maximum Gasteiger partial charge on any atom is 0.242 e. The number of rotatable bonds is 10. The van der Waals surface area contributed by atoms with Gasteiger partial charge in [0.1, 0.15) is 23.9 Å². The summed E-state index contributed by atoms with van der Waals surface area (Å²) in [4.78, 5) is 29.8. The Hall–Kier alpha value is -2.63. The van der Waals surface area contributed by atoms with Gasteiger partial charge in [0.05, 0.1) is 6.54 Å². The average molecular weight is 441 g/mol. The first-order chi connectivity index (χ1) is 15.5. The van der Waals surface area contributed by atoms with E-state index in [1.807, 2.05) is 19.1 Å². The van der Waals surface area contributed by atoms with Crippen LogP contribution < -0.4 is 0 Å². The van der Waals surface area contributed by atoms with Crippen molar-refractivity contribution in [3.8, 4) is 0 Å². The van der Waals surface area contributed by atoms with Crippen LogP contribution in [0.25, 0.3) is 0 Å². The summed E-state index contributed by atoms with van der Waals surface area (Å²) in [6.45, 7) is 2.62. The molecule has 0 spiro atoms. The van der Waals surface area contributed by atoms with E-state index in [0.29, 0.717) is 31.2 Å². The minimum absolute atomic E-state index is 0.0923. The van der Waals surface area contributed by atoms with E-state index in [1.165, 1.54) is 37.8 Å². The summed E-state index contributed by atoms with van der Waals surface area (Å²) in [7, 11) is 0. The highest BCUT2D eigenvalue weighted by Gasteiger charge is 2.35. The van der Waals surface area contributed by atoms with E-state index in [1.54, 1.807) is 21.9 Å². The van der Waals surface area contributed by atoms with Crippen molar-refractivity contribution in [2.75, 3.05) is 6.54 Å². The Labute approximate surface area is 189 Å². The van der Waals surface area contributed by atoms with Gasteiger partial charge in [-0.3, -0.25) is 9.59 Å². The number of aryl methyl sites for hydroxylation is 1. The van der Waals surface area contributed by atoms with Gasteiger partial charge >= 0.3 is 0 Å². The lowest BCUT2D eigenvalue weighted by Crippen LogP contribution is -2.43. The van der Waals surface area contributed by atoms with Gasteiger partial charge in [-0.05, 0) is 61.9 Å². The minimum atomic E-state index is -0.305. The Morgan fingerprint density at radius 3 is 2.31 bits per heavy atom. The Morgan fingerprint density at radius 1 is 0.969 bits per heavy atom. The van der Waals surface area contributed by atoms with Crippen molar-refractivity contribution in [2.45, 2.75) is 77.4 Å². The number of carbonyl (C=O) groups is 2. The van der Waals surface area contributed by atoms with Gasteiger partial charge in [-0.25, -0.2) is 4.39 Å². The van der Waals surface area contributed by atoms with Crippen molar-refractivity contribution in [2.24, 2.45) is 5.92 Å². The molecule has 1 aromatic carbocycles. The van der Waals surface area contributed by atoms with Crippen LogP contribution in [-0.4, -0.2) is 34.2 Å². The SMILES string of the molecule is Cc1ccc(CN(Cc2ccc(F)cc2)C(=O)CN(C(=O)CCC2CCCC2)C2CC2)o1. The lowest BCUT2D eigenvalue weighted by atomic mass is 10.0. The van der Waals surface area contributed by atoms with Crippen molar-refractivity contribution < 1.29 is 18.4 Å². The zero-order chi connectivity index (χ0) is 22.5. The van der Waals surface area contributed by atoms with Gasteiger partial charge in [-0.1, -0.05) is 37.8 Å². The molecule has 4 rings (SSSR count). The molecule has 172 valence electrons. The van der Waals surface area contributed by atoms with Gasteiger partial charge in [-0.15, -0.1) is 0 Å². The molecular formula is C26H33FN2O3. The fraction of sp³-hybridized carbons (Fsp3) is 0.538. The Balaban J connectivity index is 1.42. The number of amides is 2. The second kappa shape index (κ2) is 10.3. The Morgan fingerprint density at radius 2 is 1.69 bits per heavy atom. The average Bonchev–Trinajstić information content (AvgIpc) is 3.32. The number of benzene rings is 1. The molecular weight excluding hydrogens is 407 g/mol. The molecule has 0 atom stereocenters. The largest absolute Gasteiger partial charge is 0.464 e. The lowest BCUT2D eigenvalue weighted by molar-refractivity contribution is -0.142. The van der Waals surface area contributed by atoms with E-state index < -0.39 is 0 Å². The third kappa shape index (κ3) is 6.21. The van der Waals surface area contributed by atoms with Crippen LogP contribution in [-0.2, 0) is 22.7 Å². The van der Waals surface area contributed by atoms with Gasteiger partial charge in [0.15, 0.2) is 0 Å². The second-order valence-electron chi connectivity index (χ2n) is 9.33. The summed E-state index contributed by atoms with van der Waals surface area (Å²) in [6.07, 6.45) is 8.40. The zero-order valence-corrected chi connectivity index (χ0v) is 18.9. The monoisotopic (exact) mass is 440 g/mol. The number of carbonyl (C=O) groups excluding carboxylic acids is 2. The molecule has 0 radical (unpaired) electrons. The molecule has 1 aromatic heterocycles. The molecule has 0 unspecified atom stereocenters. The minimum Gasteiger partial charge on any atom is -0.464 e. The zero-order valence-electron chi connectivity index (χ0n) is 18.9. The van der Waals surface area contributed by atoms with Crippen molar-refractivity contribution in [1.29, 1.82) is 0 Å². The molecule has 0 saturated heterocycles. The van der Waals surface area contributed by atoms with E-state index in [-0.39, 0.29) is 30.2 Å². The number of furan rings is 1. The summed E-state index contributed by atoms with van der Waals surface area (Å²) in [5.74, 6) is 1.83. The summed E-state index contributed by atoms with van der Waals surface area (Å²) < 4.78 is 19.0. The highest BCUT2D eigenvalue weighted by molar-refractivity contribution is 5.85. The van der Waals surface area contributed by atoms with Crippen molar-refractivity contribution in [3.63, 3.8) is 0 Å². The van der Waals surface area contributed by atoms with E-state index >= 15 is 0 Å². The molecule has 2 aliphatic carbocycles. The smallest absolute Gasteiger partial charge is 0.242 e. The quantitative estimate of drug-likeness (QED) is 0.509. The van der Waals surface area contributed by atoms with E-state index in [4.69, 9.17) is 4.42 Å². The molecule has 5 nitrogen and oxygen atoms in total. The summed E-state index contributed by atoms with van der Waals surface area (Å²) in [6, 6.07) is 10.1. The number of halogens is 1. The normalized spacial score (nSPS) is 16.3. The van der Waals surface area contributed by atoms with E-state index in [0.717, 1.165) is 30.6 Å². The fourth-order valence-electron chi connectivity index (χ4n) is 4.62. The summed E-state index contributed by atoms with van der Waals surface area (Å²) in [5.41, 5.74) is 0.841. The van der Waals surface area contributed by atoms with Crippen LogP contribution in [0.3, 0.4) is 0 Å². The van der Waals surface area contributed by atoms with Crippen LogP contribution in [0.2, 0.25) is 0 Å². The van der Waals surface area contributed by atoms with Crippen molar-refractivity contribution >= 4 is 11.8 Å². The van der Waals surface area contributed by atoms with E-state index in [9.17, 15) is 14.0 Å². The van der Waals surface area contributed by atoms with Crippen LogP contribution >= 0.6 is 0 Å². The molecule has 6 heteroatoms.